The van der Waals surface area contributed by atoms with Gasteiger partial charge in [-0.25, -0.2) is 35.1 Å². The summed E-state index contributed by atoms with van der Waals surface area (Å²) >= 11 is 0. The van der Waals surface area contributed by atoms with E-state index >= 15 is 13.2 Å². The molecule has 2 heterocycles. The van der Waals surface area contributed by atoms with E-state index in [9.17, 15) is 22.0 Å². The van der Waals surface area contributed by atoms with Crippen molar-refractivity contribution >= 4 is 72.1 Å². The van der Waals surface area contributed by atoms with Crippen LogP contribution in [-0.4, -0.2) is 4.40 Å². The van der Waals surface area contributed by atoms with Crippen LogP contribution in [0.3, 0.4) is 0 Å². The van der Waals surface area contributed by atoms with Gasteiger partial charge in [0.05, 0.1) is 33.8 Å². The van der Waals surface area contributed by atoms with Crippen molar-refractivity contribution in [1.82, 2.24) is 4.40 Å². The molecule has 0 atom stereocenters. The lowest BCUT2D eigenvalue weighted by Gasteiger charge is -2.28. The molecular weight excluding hydrogens is 879 g/mol. The molecule has 11 heteroatoms. The first-order valence-electron chi connectivity index (χ1n) is 21.7. The largest absolute Gasteiger partial charge is 0.310 e. The van der Waals surface area contributed by atoms with Crippen LogP contribution in [-0.2, 0) is 5.41 Å². The van der Waals surface area contributed by atoms with Gasteiger partial charge in [0.1, 0.15) is 23.3 Å². The molecule has 68 heavy (non-hydrogen) atoms. The highest BCUT2D eigenvalue weighted by molar-refractivity contribution is 6.29. The van der Waals surface area contributed by atoms with Crippen molar-refractivity contribution in [3.8, 4) is 22.4 Å². The van der Waals surface area contributed by atoms with E-state index < -0.39 is 52.0 Å². The molecule has 3 nitrogen and oxygen atoms in total. The molecule has 332 valence electrons. The fourth-order valence-electron chi connectivity index (χ4n) is 10.5. The van der Waals surface area contributed by atoms with Gasteiger partial charge in [0.25, 0.3) is 0 Å². The SMILES string of the molecule is CC1(C)c2cc(N(c3cc(F)cc(F)c3)c3ccc(F)c(F)c3)ccc2-c2c1c1cc(-c3ccccc3)cc3c4c5ccccc5c(N(c5cc(F)cc(F)c5)c5ccc(F)c(F)c5)cc4n2c13. The van der Waals surface area contributed by atoms with Gasteiger partial charge in [0.15, 0.2) is 23.3 Å². The average Bonchev–Trinajstić information content (AvgIpc) is 3.91. The predicted octanol–water partition coefficient (Wildman–Crippen LogP) is 16.9. The zero-order valence-corrected chi connectivity index (χ0v) is 36.0. The van der Waals surface area contributed by atoms with Crippen LogP contribution in [0.15, 0.2) is 164 Å². The molecule has 0 fully saturated rings. The van der Waals surface area contributed by atoms with Gasteiger partial charge < -0.3 is 14.2 Å². The van der Waals surface area contributed by atoms with Crippen LogP contribution in [0.2, 0.25) is 0 Å². The number of aromatic nitrogens is 1. The van der Waals surface area contributed by atoms with Gasteiger partial charge >= 0.3 is 0 Å². The van der Waals surface area contributed by atoms with Crippen LogP contribution in [0.1, 0.15) is 25.0 Å². The number of hydrogen-bond acceptors (Lipinski definition) is 2. The fourth-order valence-corrected chi connectivity index (χ4v) is 10.5. The summed E-state index contributed by atoms with van der Waals surface area (Å²) in [7, 11) is 0. The van der Waals surface area contributed by atoms with Gasteiger partial charge in [-0.1, -0.05) is 74.5 Å². The van der Waals surface area contributed by atoms with Gasteiger partial charge in [-0.3, -0.25) is 0 Å². The number of anilines is 6. The molecule has 0 saturated carbocycles. The Labute approximate surface area is 383 Å². The third-order valence-electron chi connectivity index (χ3n) is 13.3. The Kier molecular flexibility index (Phi) is 9.05. The van der Waals surface area contributed by atoms with Crippen LogP contribution in [0, 0.1) is 46.5 Å². The summed E-state index contributed by atoms with van der Waals surface area (Å²) in [5.41, 5.74) is 7.41. The normalized spacial score (nSPS) is 13.0. The summed E-state index contributed by atoms with van der Waals surface area (Å²) in [5, 5.41) is 4.19. The molecule has 0 radical (unpaired) electrons. The van der Waals surface area contributed by atoms with Crippen LogP contribution < -0.4 is 9.80 Å². The molecule has 0 spiro atoms. The molecule has 0 amide bonds. The highest BCUT2D eigenvalue weighted by Gasteiger charge is 2.42. The van der Waals surface area contributed by atoms with Crippen molar-refractivity contribution < 1.29 is 35.1 Å². The van der Waals surface area contributed by atoms with E-state index in [2.05, 4.69) is 30.4 Å². The van der Waals surface area contributed by atoms with Gasteiger partial charge in [0, 0.05) is 73.9 Å². The molecule has 2 aromatic heterocycles. The summed E-state index contributed by atoms with van der Waals surface area (Å²) in [6.45, 7) is 4.17. The Morgan fingerprint density at radius 2 is 0.941 bits per heavy atom. The Balaban J connectivity index is 1.19. The molecule has 0 unspecified atom stereocenters. The Morgan fingerprint density at radius 1 is 0.412 bits per heavy atom. The molecule has 0 bridgehead atoms. The fraction of sp³-hybridized carbons (Fsp3) is 0.0526. The van der Waals surface area contributed by atoms with Crippen molar-refractivity contribution in [3.05, 3.63) is 221 Å². The van der Waals surface area contributed by atoms with E-state index in [-0.39, 0.29) is 22.7 Å². The van der Waals surface area contributed by atoms with Crippen molar-refractivity contribution in [2.24, 2.45) is 0 Å². The third kappa shape index (κ3) is 6.18. The zero-order valence-electron chi connectivity index (χ0n) is 36.0. The zero-order chi connectivity index (χ0) is 46.9. The van der Waals surface area contributed by atoms with E-state index in [0.717, 1.165) is 121 Å². The number of rotatable bonds is 7. The second kappa shape index (κ2) is 14.9. The molecule has 1 aliphatic carbocycles. The second-order valence-electron chi connectivity index (χ2n) is 17.7. The summed E-state index contributed by atoms with van der Waals surface area (Å²) in [4.78, 5) is 2.99. The third-order valence-corrected chi connectivity index (χ3v) is 13.3. The van der Waals surface area contributed by atoms with Crippen molar-refractivity contribution in [3.63, 3.8) is 0 Å². The van der Waals surface area contributed by atoms with Crippen LogP contribution in [0.4, 0.5) is 69.2 Å². The smallest absolute Gasteiger partial charge is 0.160 e. The number of nitrogens with zero attached hydrogens (tertiary/aromatic N) is 3. The minimum atomic E-state index is -1.15. The molecule has 11 aromatic rings. The second-order valence-corrected chi connectivity index (χ2v) is 17.7. The average molecular weight is 912 g/mol. The van der Waals surface area contributed by atoms with E-state index in [4.69, 9.17) is 0 Å². The maximum atomic E-state index is 15.2. The minimum absolute atomic E-state index is 0.0335. The van der Waals surface area contributed by atoms with Gasteiger partial charge in [-0.2, -0.15) is 0 Å². The minimum Gasteiger partial charge on any atom is -0.310 e. The number of benzene rings is 9. The Hall–Kier alpha value is -8.18. The van der Waals surface area contributed by atoms with Crippen molar-refractivity contribution in [1.29, 1.82) is 0 Å². The first-order valence-corrected chi connectivity index (χ1v) is 21.7. The first kappa shape index (κ1) is 41.3. The number of halogens is 8. The lowest BCUT2D eigenvalue weighted by molar-refractivity contribution is 0.509. The van der Waals surface area contributed by atoms with E-state index in [1.807, 2.05) is 72.8 Å². The van der Waals surface area contributed by atoms with Gasteiger partial charge in [-0.05, 0) is 107 Å². The molecule has 0 N–H and O–H groups in total. The Bertz CT molecular complexity index is 3860. The first-order chi connectivity index (χ1) is 32.7. The van der Waals surface area contributed by atoms with Crippen molar-refractivity contribution in [2.75, 3.05) is 9.80 Å². The van der Waals surface area contributed by atoms with Crippen LogP contribution in [0.25, 0.3) is 60.3 Å². The maximum Gasteiger partial charge on any atom is 0.160 e. The molecule has 0 saturated heterocycles. The number of hydrogen-bond donors (Lipinski definition) is 0. The van der Waals surface area contributed by atoms with Gasteiger partial charge in [0.2, 0.25) is 0 Å². The highest BCUT2D eigenvalue weighted by atomic mass is 19.2. The lowest BCUT2D eigenvalue weighted by Crippen LogP contribution is -2.17. The van der Waals surface area contributed by atoms with Gasteiger partial charge in [-0.15, -0.1) is 0 Å². The maximum absolute atomic E-state index is 15.2. The summed E-state index contributed by atoms with van der Waals surface area (Å²) in [6, 6.07) is 41.9. The molecule has 9 aromatic carbocycles. The monoisotopic (exact) mass is 911 g/mol. The summed E-state index contributed by atoms with van der Waals surface area (Å²) in [5.74, 6) is -7.92. The summed E-state index contributed by atoms with van der Waals surface area (Å²) < 4.78 is 121. The van der Waals surface area contributed by atoms with E-state index in [1.54, 1.807) is 6.07 Å². The molecular formula is C57H33F8N3. The number of fused-ring (bicyclic) bond motifs is 10. The highest BCUT2D eigenvalue weighted by Crippen LogP contribution is 2.58. The molecule has 1 aliphatic rings. The lowest BCUT2D eigenvalue weighted by atomic mass is 9.80. The Morgan fingerprint density at radius 3 is 1.56 bits per heavy atom. The van der Waals surface area contributed by atoms with Crippen molar-refractivity contribution in [2.45, 2.75) is 19.3 Å². The molecule has 12 rings (SSSR count). The van der Waals surface area contributed by atoms with E-state index in [0.29, 0.717) is 22.3 Å². The predicted molar refractivity (Wildman–Crippen MR) is 253 cm³/mol. The van der Waals surface area contributed by atoms with Crippen LogP contribution in [0.5, 0.6) is 0 Å². The quantitative estimate of drug-likeness (QED) is 0.148. The molecule has 0 aliphatic heterocycles. The standard InChI is InChI=1S/C57H33F8N3/c1-57(2)46-26-36(66(37-13-16-47(62)49(64)27-37)39-22-32(58)20-33(59)23-39)12-15-43(46)56-54(57)45-19-31(30-8-4-3-5-9-30)18-44-53-42-11-7-6-10-41(42)51(29-52(53)68(56)55(44)45)67(38-14-17-48(63)50(65)28-38)40-24-34(60)21-35(61)25-40/h3-29H,1-2H3. The van der Waals surface area contributed by atoms with E-state index in [1.165, 1.54) is 21.9 Å². The van der Waals surface area contributed by atoms with Crippen LogP contribution >= 0.6 is 0 Å². The summed E-state index contributed by atoms with van der Waals surface area (Å²) in [6.07, 6.45) is 0. The topological polar surface area (TPSA) is 10.9 Å².